The van der Waals surface area contributed by atoms with Crippen molar-refractivity contribution < 1.29 is 22.7 Å². The molecule has 0 radical (unpaired) electrons. The highest BCUT2D eigenvalue weighted by Crippen LogP contribution is 2.24. The highest BCUT2D eigenvalue weighted by Gasteiger charge is 2.31. The molecule has 4 rings (SSSR count). The first-order chi connectivity index (χ1) is 13.9. The molecule has 0 aliphatic carbocycles. The first-order valence-electron chi connectivity index (χ1n) is 9.65. The number of rotatable bonds is 4. The average Bonchev–Trinajstić information content (AvgIpc) is 2.74. The lowest BCUT2D eigenvalue weighted by Crippen LogP contribution is -2.38. The topological polar surface area (TPSA) is 92.8 Å². The van der Waals surface area contributed by atoms with Gasteiger partial charge in [-0.3, -0.25) is 4.79 Å². The number of amides is 1. The Balaban J connectivity index is 1.50. The predicted octanol–water partition coefficient (Wildman–Crippen LogP) is 2.58. The minimum atomic E-state index is -3.60. The molecule has 8 heteroatoms. The second-order valence-corrected chi connectivity index (χ2v) is 9.17. The molecule has 7 nitrogen and oxygen atoms in total. The Hall–Kier alpha value is -2.71. The zero-order valence-electron chi connectivity index (χ0n) is 15.8. The number of hydrogen-bond donors (Lipinski definition) is 1. The zero-order valence-corrected chi connectivity index (χ0v) is 16.7. The van der Waals surface area contributed by atoms with Crippen LogP contribution in [0, 0.1) is 0 Å². The molecule has 0 saturated carbocycles. The summed E-state index contributed by atoms with van der Waals surface area (Å²) in [7, 11) is -3.60. The lowest BCUT2D eigenvalue weighted by Gasteiger charge is -2.26. The third-order valence-electron chi connectivity index (χ3n) is 5.24. The van der Waals surface area contributed by atoms with E-state index in [9.17, 15) is 18.0 Å². The van der Waals surface area contributed by atoms with Crippen molar-refractivity contribution in [2.75, 3.05) is 18.4 Å². The van der Waals surface area contributed by atoms with E-state index >= 15 is 0 Å². The van der Waals surface area contributed by atoms with Gasteiger partial charge in [-0.25, -0.2) is 13.2 Å². The second-order valence-electron chi connectivity index (χ2n) is 7.24. The number of sulfonamides is 1. The number of cyclic esters (lactones) is 1. The van der Waals surface area contributed by atoms with Crippen LogP contribution in [0.4, 0.5) is 5.69 Å². The Morgan fingerprint density at radius 1 is 1.03 bits per heavy atom. The Morgan fingerprint density at radius 3 is 2.59 bits per heavy atom. The Kier molecular flexibility index (Phi) is 5.38. The number of esters is 1. The van der Waals surface area contributed by atoms with Gasteiger partial charge in [0.2, 0.25) is 10.0 Å². The van der Waals surface area contributed by atoms with E-state index in [0.29, 0.717) is 24.3 Å². The summed E-state index contributed by atoms with van der Waals surface area (Å²) in [6.07, 6.45) is 2.05. The molecular formula is C21H22N2O5S. The summed E-state index contributed by atoms with van der Waals surface area (Å²) in [5.41, 5.74) is 1.57. The Labute approximate surface area is 169 Å². The number of ether oxygens (including phenoxy) is 1. The minimum Gasteiger partial charge on any atom is -0.448 e. The highest BCUT2D eigenvalue weighted by atomic mass is 32.2. The number of piperidine rings is 1. The van der Waals surface area contributed by atoms with Crippen LogP contribution in [0.1, 0.15) is 35.2 Å². The summed E-state index contributed by atoms with van der Waals surface area (Å²) in [4.78, 5) is 24.9. The van der Waals surface area contributed by atoms with Gasteiger partial charge in [-0.2, -0.15) is 4.31 Å². The molecule has 1 N–H and O–H groups in total. The monoisotopic (exact) mass is 414 g/mol. The van der Waals surface area contributed by atoms with E-state index in [0.717, 1.165) is 24.8 Å². The first-order valence-corrected chi connectivity index (χ1v) is 11.1. The standard InChI is InChI=1S/C21H22N2O5S/c24-20(19-13-15-7-2-3-10-18(15)21(25)28-19)22-16-8-6-9-17(14-16)29(26,27)23-11-4-1-5-12-23/h2-3,6-10,14,19H,1,4-5,11-13H2,(H,22,24)/t19-/m0/s1. The van der Waals surface area contributed by atoms with Crippen LogP contribution in [-0.2, 0) is 26.0 Å². The maximum absolute atomic E-state index is 12.9. The minimum absolute atomic E-state index is 0.142. The molecule has 0 unspecified atom stereocenters. The Morgan fingerprint density at radius 2 is 1.79 bits per heavy atom. The van der Waals surface area contributed by atoms with Crippen LogP contribution < -0.4 is 5.32 Å². The van der Waals surface area contributed by atoms with E-state index < -0.39 is 28.0 Å². The van der Waals surface area contributed by atoms with E-state index in [1.807, 2.05) is 0 Å². The molecule has 1 saturated heterocycles. The van der Waals surface area contributed by atoms with Crippen LogP contribution in [0.15, 0.2) is 53.4 Å². The van der Waals surface area contributed by atoms with Crippen molar-refractivity contribution >= 4 is 27.6 Å². The number of benzene rings is 2. The molecule has 2 aliphatic heterocycles. The summed E-state index contributed by atoms with van der Waals surface area (Å²) >= 11 is 0. The van der Waals surface area contributed by atoms with E-state index in [1.54, 1.807) is 36.4 Å². The molecular weight excluding hydrogens is 392 g/mol. The quantitative estimate of drug-likeness (QED) is 0.777. The number of anilines is 1. The van der Waals surface area contributed by atoms with Crippen molar-refractivity contribution in [3.63, 3.8) is 0 Å². The molecule has 1 fully saturated rings. The molecule has 1 atom stereocenters. The molecule has 2 aromatic carbocycles. The number of fused-ring (bicyclic) bond motifs is 1. The molecule has 152 valence electrons. The lowest BCUT2D eigenvalue weighted by molar-refractivity contribution is -0.125. The van der Waals surface area contributed by atoms with Gasteiger partial charge in [0.15, 0.2) is 6.10 Å². The van der Waals surface area contributed by atoms with Crippen molar-refractivity contribution in [1.82, 2.24) is 4.31 Å². The SMILES string of the molecule is O=C1O[C@H](C(=O)Nc2cccc(S(=O)(=O)N3CCCCC3)c2)Cc2ccccc21. The van der Waals surface area contributed by atoms with Gasteiger partial charge in [0.1, 0.15) is 0 Å². The Bertz CT molecular complexity index is 1040. The van der Waals surface area contributed by atoms with Gasteiger partial charge in [0, 0.05) is 25.2 Å². The van der Waals surface area contributed by atoms with Gasteiger partial charge in [0.05, 0.1) is 10.5 Å². The maximum atomic E-state index is 12.9. The van der Waals surface area contributed by atoms with Crippen LogP contribution in [0.25, 0.3) is 0 Å². The van der Waals surface area contributed by atoms with Gasteiger partial charge in [-0.1, -0.05) is 30.7 Å². The summed E-state index contributed by atoms with van der Waals surface area (Å²) in [6.45, 7) is 1.02. The number of nitrogens with zero attached hydrogens (tertiary/aromatic N) is 1. The van der Waals surface area contributed by atoms with Gasteiger partial charge in [-0.05, 0) is 42.7 Å². The summed E-state index contributed by atoms with van der Waals surface area (Å²) < 4.78 is 32.4. The van der Waals surface area contributed by atoms with Gasteiger partial charge >= 0.3 is 5.97 Å². The molecule has 2 aromatic rings. The third-order valence-corrected chi connectivity index (χ3v) is 7.13. The molecule has 0 spiro atoms. The molecule has 0 aromatic heterocycles. The van der Waals surface area contributed by atoms with Crippen molar-refractivity contribution in [3.05, 3.63) is 59.7 Å². The second kappa shape index (κ2) is 7.96. The first kappa shape index (κ1) is 19.6. The van der Waals surface area contributed by atoms with Gasteiger partial charge in [-0.15, -0.1) is 0 Å². The summed E-state index contributed by atoms with van der Waals surface area (Å²) in [5, 5.41) is 2.68. The van der Waals surface area contributed by atoms with E-state index in [4.69, 9.17) is 4.74 Å². The van der Waals surface area contributed by atoms with Crippen molar-refractivity contribution in [3.8, 4) is 0 Å². The molecule has 0 bridgehead atoms. The van der Waals surface area contributed by atoms with Crippen LogP contribution in [0.5, 0.6) is 0 Å². The smallest absolute Gasteiger partial charge is 0.339 e. The average molecular weight is 414 g/mol. The third kappa shape index (κ3) is 4.04. The zero-order chi connectivity index (χ0) is 20.4. The fraction of sp³-hybridized carbons (Fsp3) is 0.333. The van der Waals surface area contributed by atoms with Crippen LogP contribution in [-0.4, -0.2) is 43.8 Å². The molecule has 2 heterocycles. The summed E-state index contributed by atoms with van der Waals surface area (Å²) in [6, 6.07) is 13.2. The number of nitrogens with one attached hydrogen (secondary N) is 1. The van der Waals surface area contributed by atoms with Gasteiger partial charge in [0.25, 0.3) is 5.91 Å². The molecule has 2 aliphatic rings. The number of carbonyl (C=O) groups excluding carboxylic acids is 2. The van der Waals surface area contributed by atoms with Crippen LogP contribution in [0.2, 0.25) is 0 Å². The van der Waals surface area contributed by atoms with Crippen molar-refractivity contribution in [2.45, 2.75) is 36.7 Å². The normalized spacial score (nSPS) is 19.9. The predicted molar refractivity (Wildman–Crippen MR) is 107 cm³/mol. The van der Waals surface area contributed by atoms with Crippen LogP contribution in [0.3, 0.4) is 0 Å². The summed E-state index contributed by atoms with van der Waals surface area (Å²) in [5.74, 6) is -1.02. The number of carbonyl (C=O) groups is 2. The molecule has 29 heavy (non-hydrogen) atoms. The lowest BCUT2D eigenvalue weighted by atomic mass is 9.98. The van der Waals surface area contributed by atoms with Crippen molar-refractivity contribution in [2.24, 2.45) is 0 Å². The highest BCUT2D eigenvalue weighted by molar-refractivity contribution is 7.89. The fourth-order valence-electron chi connectivity index (χ4n) is 3.69. The van der Waals surface area contributed by atoms with Crippen molar-refractivity contribution in [1.29, 1.82) is 0 Å². The maximum Gasteiger partial charge on any atom is 0.339 e. The molecule has 1 amide bonds. The van der Waals surface area contributed by atoms with E-state index in [-0.39, 0.29) is 11.3 Å². The van der Waals surface area contributed by atoms with E-state index in [1.165, 1.54) is 16.4 Å². The fourth-order valence-corrected chi connectivity index (χ4v) is 5.25. The van der Waals surface area contributed by atoms with Gasteiger partial charge < -0.3 is 10.1 Å². The van der Waals surface area contributed by atoms with E-state index in [2.05, 4.69) is 5.32 Å². The largest absolute Gasteiger partial charge is 0.448 e. The number of hydrogen-bond acceptors (Lipinski definition) is 5. The van der Waals surface area contributed by atoms with Crippen LogP contribution >= 0.6 is 0 Å².